The van der Waals surface area contributed by atoms with E-state index in [1.165, 1.54) is 5.56 Å². The van der Waals surface area contributed by atoms with E-state index in [0.717, 1.165) is 17.7 Å². The summed E-state index contributed by atoms with van der Waals surface area (Å²) in [6.45, 7) is 1.71. The van der Waals surface area contributed by atoms with Gasteiger partial charge >= 0.3 is 0 Å². The van der Waals surface area contributed by atoms with Crippen molar-refractivity contribution in [2.45, 2.75) is 6.54 Å². The SMILES string of the molecule is CN(CCO)Cc1cccc(-c2c[c]cnc2)c1. The van der Waals surface area contributed by atoms with Gasteiger partial charge < -0.3 is 5.11 Å². The van der Waals surface area contributed by atoms with Gasteiger partial charge in [-0.2, -0.15) is 0 Å². The smallest absolute Gasteiger partial charge is 0.0558 e. The quantitative estimate of drug-likeness (QED) is 0.869. The van der Waals surface area contributed by atoms with E-state index in [1.54, 1.807) is 6.20 Å². The average Bonchev–Trinajstić information content (AvgIpc) is 2.40. The Bertz CT molecular complexity index is 485. The summed E-state index contributed by atoms with van der Waals surface area (Å²) in [7, 11) is 2.00. The van der Waals surface area contributed by atoms with Gasteiger partial charge in [0.25, 0.3) is 0 Å². The van der Waals surface area contributed by atoms with Crippen molar-refractivity contribution in [3.05, 3.63) is 54.4 Å². The van der Waals surface area contributed by atoms with Crippen LogP contribution in [0.5, 0.6) is 0 Å². The van der Waals surface area contributed by atoms with E-state index in [-0.39, 0.29) is 6.61 Å². The zero-order valence-corrected chi connectivity index (χ0v) is 10.5. The van der Waals surface area contributed by atoms with Gasteiger partial charge in [-0.1, -0.05) is 18.2 Å². The lowest BCUT2D eigenvalue weighted by Crippen LogP contribution is -2.21. The van der Waals surface area contributed by atoms with E-state index in [1.807, 2.05) is 25.4 Å². The summed E-state index contributed by atoms with van der Waals surface area (Å²) in [6.07, 6.45) is 3.50. The Hall–Kier alpha value is -1.71. The molecule has 2 rings (SSSR count). The highest BCUT2D eigenvalue weighted by Gasteiger charge is 2.02. The molecular weight excluding hydrogens is 224 g/mol. The first-order valence-corrected chi connectivity index (χ1v) is 5.99. The fraction of sp³-hybridized carbons (Fsp3) is 0.267. The Morgan fingerprint density at radius 1 is 1.33 bits per heavy atom. The fourth-order valence-electron chi connectivity index (χ4n) is 1.89. The van der Waals surface area contributed by atoms with Crippen LogP contribution in [-0.2, 0) is 6.54 Å². The van der Waals surface area contributed by atoms with Crippen LogP contribution in [0.2, 0.25) is 0 Å². The summed E-state index contributed by atoms with van der Waals surface area (Å²) in [5, 5.41) is 8.89. The molecule has 0 bridgehead atoms. The number of benzene rings is 1. The number of nitrogens with zero attached hydrogens (tertiary/aromatic N) is 2. The van der Waals surface area contributed by atoms with Gasteiger partial charge in [0.05, 0.1) is 6.61 Å². The van der Waals surface area contributed by atoms with E-state index in [4.69, 9.17) is 5.11 Å². The topological polar surface area (TPSA) is 36.4 Å². The maximum atomic E-state index is 8.89. The van der Waals surface area contributed by atoms with E-state index in [9.17, 15) is 0 Å². The highest BCUT2D eigenvalue weighted by molar-refractivity contribution is 5.62. The van der Waals surface area contributed by atoms with Crippen LogP contribution >= 0.6 is 0 Å². The minimum Gasteiger partial charge on any atom is -0.395 e. The van der Waals surface area contributed by atoms with Crippen LogP contribution in [0.25, 0.3) is 11.1 Å². The zero-order chi connectivity index (χ0) is 12.8. The van der Waals surface area contributed by atoms with Crippen LogP contribution in [0.1, 0.15) is 5.56 Å². The number of pyridine rings is 1. The molecule has 0 amide bonds. The van der Waals surface area contributed by atoms with Gasteiger partial charge in [-0.15, -0.1) is 0 Å². The molecule has 0 aliphatic rings. The molecule has 1 N–H and O–H groups in total. The molecule has 93 valence electrons. The Labute approximate surface area is 108 Å². The maximum Gasteiger partial charge on any atom is 0.0558 e. The summed E-state index contributed by atoms with van der Waals surface area (Å²) < 4.78 is 0. The molecule has 2 aromatic rings. The van der Waals surface area contributed by atoms with E-state index >= 15 is 0 Å². The third-order valence-electron chi connectivity index (χ3n) is 2.80. The Morgan fingerprint density at radius 2 is 2.22 bits per heavy atom. The molecule has 18 heavy (non-hydrogen) atoms. The van der Waals surface area contributed by atoms with E-state index < -0.39 is 0 Å². The summed E-state index contributed by atoms with van der Waals surface area (Å²) in [6, 6.07) is 13.3. The van der Waals surface area contributed by atoms with Crippen LogP contribution in [0, 0.1) is 6.07 Å². The van der Waals surface area contributed by atoms with Gasteiger partial charge in [-0.3, -0.25) is 9.88 Å². The largest absolute Gasteiger partial charge is 0.395 e. The summed E-state index contributed by atoms with van der Waals surface area (Å²) in [4.78, 5) is 6.17. The van der Waals surface area contributed by atoms with Gasteiger partial charge in [-0.05, 0) is 30.3 Å². The molecule has 3 nitrogen and oxygen atoms in total. The van der Waals surface area contributed by atoms with Crippen LogP contribution in [0.4, 0.5) is 0 Å². The Kier molecular flexibility index (Phi) is 4.45. The van der Waals surface area contributed by atoms with Crippen LogP contribution in [0.3, 0.4) is 0 Å². The number of aliphatic hydroxyl groups excluding tert-OH is 1. The molecule has 3 heteroatoms. The highest BCUT2D eigenvalue weighted by atomic mass is 16.3. The summed E-state index contributed by atoms with van der Waals surface area (Å²) >= 11 is 0. The standard InChI is InChI=1S/C15H17N2O/c1-17(8-9-18)12-13-4-2-5-14(10-13)15-6-3-7-16-11-15/h2,4-7,10-11,18H,8-9,12H2,1H3. The molecule has 0 atom stereocenters. The van der Waals surface area contributed by atoms with Crippen LogP contribution in [-0.4, -0.2) is 35.2 Å². The molecule has 1 aromatic heterocycles. The number of aliphatic hydroxyl groups is 1. The van der Waals surface area contributed by atoms with Crippen molar-refractivity contribution in [1.82, 2.24) is 9.88 Å². The Morgan fingerprint density at radius 3 is 2.94 bits per heavy atom. The van der Waals surface area contributed by atoms with Gasteiger partial charge in [0.1, 0.15) is 0 Å². The van der Waals surface area contributed by atoms with Gasteiger partial charge in [0, 0.05) is 37.1 Å². The van der Waals surface area contributed by atoms with Crippen molar-refractivity contribution in [3.8, 4) is 11.1 Å². The molecule has 0 saturated carbocycles. The molecule has 0 spiro atoms. The normalized spacial score (nSPS) is 10.8. The molecule has 0 aliphatic carbocycles. The van der Waals surface area contributed by atoms with Gasteiger partial charge in [0.15, 0.2) is 0 Å². The van der Waals surface area contributed by atoms with Crippen molar-refractivity contribution < 1.29 is 5.11 Å². The predicted molar refractivity (Wildman–Crippen MR) is 71.9 cm³/mol. The minimum atomic E-state index is 0.188. The van der Waals surface area contributed by atoms with E-state index in [0.29, 0.717) is 6.54 Å². The van der Waals surface area contributed by atoms with E-state index in [2.05, 4.69) is 34.1 Å². The summed E-state index contributed by atoms with van der Waals surface area (Å²) in [5.74, 6) is 0. The van der Waals surface area contributed by atoms with Crippen molar-refractivity contribution in [2.24, 2.45) is 0 Å². The number of hydrogen-bond acceptors (Lipinski definition) is 3. The first-order chi connectivity index (χ1) is 8.79. The molecule has 1 heterocycles. The summed E-state index contributed by atoms with van der Waals surface area (Å²) in [5.41, 5.74) is 3.45. The second-order valence-electron chi connectivity index (χ2n) is 4.34. The van der Waals surface area contributed by atoms with Crippen LogP contribution in [0.15, 0.2) is 42.7 Å². The van der Waals surface area contributed by atoms with Crippen molar-refractivity contribution >= 4 is 0 Å². The predicted octanol–water partition coefficient (Wildman–Crippen LogP) is 1.97. The van der Waals surface area contributed by atoms with Crippen molar-refractivity contribution in [1.29, 1.82) is 0 Å². The zero-order valence-electron chi connectivity index (χ0n) is 10.5. The molecular formula is C15H17N2O. The molecule has 1 radical (unpaired) electrons. The van der Waals surface area contributed by atoms with Gasteiger partial charge in [0.2, 0.25) is 0 Å². The lowest BCUT2D eigenvalue weighted by atomic mass is 10.0. The second kappa shape index (κ2) is 6.28. The number of likely N-dealkylation sites (N-methyl/N-ethyl adjacent to an activating group) is 1. The Balaban J connectivity index is 2.15. The molecule has 0 saturated heterocycles. The minimum absolute atomic E-state index is 0.188. The van der Waals surface area contributed by atoms with Crippen molar-refractivity contribution in [3.63, 3.8) is 0 Å². The highest BCUT2D eigenvalue weighted by Crippen LogP contribution is 2.19. The monoisotopic (exact) mass is 241 g/mol. The van der Waals surface area contributed by atoms with Crippen LogP contribution < -0.4 is 0 Å². The molecule has 0 aliphatic heterocycles. The number of rotatable bonds is 5. The maximum absolute atomic E-state index is 8.89. The van der Waals surface area contributed by atoms with Crippen molar-refractivity contribution in [2.75, 3.05) is 20.2 Å². The second-order valence-corrected chi connectivity index (χ2v) is 4.34. The lowest BCUT2D eigenvalue weighted by Gasteiger charge is -2.15. The number of aromatic nitrogens is 1. The number of hydrogen-bond donors (Lipinski definition) is 1. The average molecular weight is 241 g/mol. The van der Waals surface area contributed by atoms with Gasteiger partial charge in [-0.25, -0.2) is 0 Å². The lowest BCUT2D eigenvalue weighted by molar-refractivity contribution is 0.217. The third kappa shape index (κ3) is 3.39. The third-order valence-corrected chi connectivity index (χ3v) is 2.80. The first kappa shape index (κ1) is 12.7. The molecule has 0 unspecified atom stereocenters. The molecule has 0 fully saturated rings. The molecule has 1 aromatic carbocycles. The fourth-order valence-corrected chi connectivity index (χ4v) is 1.89. The first-order valence-electron chi connectivity index (χ1n) is 5.99.